The Morgan fingerprint density at radius 1 is 1.35 bits per heavy atom. The van der Waals surface area contributed by atoms with Gasteiger partial charge in [0.15, 0.2) is 0 Å². The van der Waals surface area contributed by atoms with Crippen LogP contribution in [0.1, 0.15) is 49.9 Å². The van der Waals surface area contributed by atoms with E-state index in [1.807, 2.05) is 0 Å². The van der Waals surface area contributed by atoms with Crippen LogP contribution in [0.15, 0.2) is 6.33 Å². The van der Waals surface area contributed by atoms with Crippen LogP contribution in [0.2, 0.25) is 0 Å². The molecule has 20 heavy (non-hydrogen) atoms. The fourth-order valence-corrected chi connectivity index (χ4v) is 4.68. The van der Waals surface area contributed by atoms with Crippen molar-refractivity contribution in [1.29, 1.82) is 0 Å². The standard InChI is InChI=1S/C16H23N3O/c20-16(7-12-6-10-1-2-11(12)5-10)19-13-3-4-14-15(8-13)18-9-17-14/h9-13H,1-8H2,(H,17,18)(H,19,20). The number of aryl methyl sites for hydroxylation is 1. The van der Waals surface area contributed by atoms with Crippen molar-refractivity contribution >= 4 is 5.91 Å². The maximum absolute atomic E-state index is 12.3. The van der Waals surface area contributed by atoms with Crippen LogP contribution < -0.4 is 5.32 Å². The average molecular weight is 273 g/mol. The van der Waals surface area contributed by atoms with Gasteiger partial charge in [-0.3, -0.25) is 4.79 Å². The van der Waals surface area contributed by atoms with Gasteiger partial charge in [0.2, 0.25) is 5.91 Å². The summed E-state index contributed by atoms with van der Waals surface area (Å²) in [5.41, 5.74) is 2.39. The van der Waals surface area contributed by atoms with Crippen molar-refractivity contribution < 1.29 is 4.79 Å². The number of aromatic amines is 1. The Balaban J connectivity index is 1.30. The minimum absolute atomic E-state index is 0.274. The Morgan fingerprint density at radius 2 is 2.30 bits per heavy atom. The number of H-pyrrole nitrogens is 1. The van der Waals surface area contributed by atoms with E-state index < -0.39 is 0 Å². The van der Waals surface area contributed by atoms with Gasteiger partial charge in [-0.05, 0) is 49.9 Å². The number of nitrogens with one attached hydrogen (secondary N) is 2. The second-order valence-electron chi connectivity index (χ2n) is 6.97. The molecule has 2 saturated carbocycles. The average Bonchev–Trinajstić information content (AvgIpc) is 3.13. The van der Waals surface area contributed by atoms with Crippen molar-refractivity contribution in [2.75, 3.05) is 0 Å². The predicted octanol–water partition coefficient (Wildman–Crippen LogP) is 2.21. The molecule has 4 heteroatoms. The lowest BCUT2D eigenvalue weighted by Gasteiger charge is -2.25. The summed E-state index contributed by atoms with van der Waals surface area (Å²) in [6.07, 6.45) is 10.9. The molecule has 0 saturated heterocycles. The van der Waals surface area contributed by atoms with Crippen molar-refractivity contribution in [1.82, 2.24) is 15.3 Å². The Labute approximate surface area is 119 Å². The topological polar surface area (TPSA) is 57.8 Å². The first-order chi connectivity index (χ1) is 9.78. The molecule has 2 N–H and O–H groups in total. The molecule has 1 aromatic rings. The highest BCUT2D eigenvalue weighted by Crippen LogP contribution is 2.49. The summed E-state index contributed by atoms with van der Waals surface area (Å²) in [7, 11) is 0. The van der Waals surface area contributed by atoms with Crippen LogP contribution in [0.5, 0.6) is 0 Å². The number of carbonyl (C=O) groups excluding carboxylic acids is 1. The first-order valence-corrected chi connectivity index (χ1v) is 8.08. The van der Waals surface area contributed by atoms with Gasteiger partial charge in [-0.25, -0.2) is 4.98 Å². The molecule has 1 amide bonds. The number of amides is 1. The molecule has 0 radical (unpaired) electrons. The largest absolute Gasteiger partial charge is 0.353 e. The minimum atomic E-state index is 0.274. The van der Waals surface area contributed by atoms with E-state index in [0.29, 0.717) is 12.0 Å². The van der Waals surface area contributed by atoms with Gasteiger partial charge in [-0.1, -0.05) is 6.42 Å². The molecular weight excluding hydrogens is 250 g/mol. The molecule has 1 aromatic heterocycles. The van der Waals surface area contributed by atoms with E-state index in [4.69, 9.17) is 0 Å². The van der Waals surface area contributed by atoms with Crippen LogP contribution >= 0.6 is 0 Å². The minimum Gasteiger partial charge on any atom is -0.353 e. The molecule has 2 bridgehead atoms. The SMILES string of the molecule is O=C(CC1CC2CCC1C2)NC1CCc2nc[nH]c2C1. The number of fused-ring (bicyclic) bond motifs is 3. The van der Waals surface area contributed by atoms with Gasteiger partial charge in [-0.2, -0.15) is 0 Å². The first-order valence-electron chi connectivity index (χ1n) is 8.08. The number of aromatic nitrogens is 2. The maximum atomic E-state index is 12.3. The van der Waals surface area contributed by atoms with Crippen molar-refractivity contribution in [3.05, 3.63) is 17.7 Å². The Bertz CT molecular complexity index is 510. The lowest BCUT2D eigenvalue weighted by molar-refractivity contribution is -0.123. The van der Waals surface area contributed by atoms with E-state index in [1.54, 1.807) is 6.33 Å². The highest BCUT2D eigenvalue weighted by Gasteiger charge is 2.40. The second-order valence-corrected chi connectivity index (χ2v) is 6.97. The van der Waals surface area contributed by atoms with Crippen LogP contribution in [-0.4, -0.2) is 21.9 Å². The summed E-state index contributed by atoms with van der Waals surface area (Å²) < 4.78 is 0. The Hall–Kier alpha value is -1.32. The summed E-state index contributed by atoms with van der Waals surface area (Å²) in [6, 6.07) is 0.300. The quantitative estimate of drug-likeness (QED) is 0.887. The highest BCUT2D eigenvalue weighted by atomic mass is 16.1. The van der Waals surface area contributed by atoms with E-state index in [-0.39, 0.29) is 5.91 Å². The summed E-state index contributed by atoms with van der Waals surface area (Å²) in [4.78, 5) is 19.8. The van der Waals surface area contributed by atoms with Gasteiger partial charge in [0, 0.05) is 24.6 Å². The van der Waals surface area contributed by atoms with Crippen molar-refractivity contribution in [3.8, 4) is 0 Å². The van der Waals surface area contributed by atoms with Gasteiger partial charge < -0.3 is 10.3 Å². The molecule has 3 aliphatic carbocycles. The normalized spacial score (nSPS) is 35.0. The molecule has 0 aromatic carbocycles. The van der Waals surface area contributed by atoms with Crippen molar-refractivity contribution in [3.63, 3.8) is 0 Å². The van der Waals surface area contributed by atoms with E-state index in [2.05, 4.69) is 15.3 Å². The highest BCUT2D eigenvalue weighted by molar-refractivity contribution is 5.76. The monoisotopic (exact) mass is 273 g/mol. The fraction of sp³-hybridized carbons (Fsp3) is 0.750. The first kappa shape index (κ1) is 12.4. The van der Waals surface area contributed by atoms with Gasteiger partial charge in [0.25, 0.3) is 0 Å². The molecule has 0 spiro atoms. The van der Waals surface area contributed by atoms with Crippen molar-refractivity contribution in [2.24, 2.45) is 17.8 Å². The van der Waals surface area contributed by atoms with Crippen LogP contribution in [0.25, 0.3) is 0 Å². The van der Waals surface area contributed by atoms with Gasteiger partial charge in [0.05, 0.1) is 12.0 Å². The third-order valence-corrected chi connectivity index (χ3v) is 5.68. The van der Waals surface area contributed by atoms with E-state index in [9.17, 15) is 4.79 Å². The predicted molar refractivity (Wildman–Crippen MR) is 76.1 cm³/mol. The smallest absolute Gasteiger partial charge is 0.220 e. The molecule has 1 heterocycles. The number of hydrogen-bond donors (Lipinski definition) is 2. The maximum Gasteiger partial charge on any atom is 0.220 e. The zero-order valence-electron chi connectivity index (χ0n) is 11.9. The lowest BCUT2D eigenvalue weighted by Crippen LogP contribution is -2.40. The second kappa shape index (κ2) is 4.90. The summed E-state index contributed by atoms with van der Waals surface area (Å²) in [6.45, 7) is 0. The molecular formula is C16H23N3O. The van der Waals surface area contributed by atoms with Crippen molar-refractivity contribution in [2.45, 2.75) is 57.4 Å². The Kier molecular flexibility index (Phi) is 3.04. The van der Waals surface area contributed by atoms with E-state index in [1.165, 1.54) is 37.1 Å². The van der Waals surface area contributed by atoms with Gasteiger partial charge in [-0.15, -0.1) is 0 Å². The zero-order chi connectivity index (χ0) is 13.5. The number of rotatable bonds is 3. The lowest BCUT2D eigenvalue weighted by atomic mass is 9.86. The zero-order valence-corrected chi connectivity index (χ0v) is 11.9. The molecule has 4 unspecified atom stereocenters. The molecule has 3 aliphatic rings. The number of hydrogen-bond acceptors (Lipinski definition) is 2. The molecule has 4 atom stereocenters. The summed E-state index contributed by atoms with van der Waals surface area (Å²) in [5.74, 6) is 2.71. The molecule has 4 rings (SSSR count). The van der Waals surface area contributed by atoms with Crippen LogP contribution in [0, 0.1) is 17.8 Å². The molecule has 2 fully saturated rings. The number of imidazole rings is 1. The van der Waals surface area contributed by atoms with Crippen LogP contribution in [-0.2, 0) is 17.6 Å². The van der Waals surface area contributed by atoms with E-state index >= 15 is 0 Å². The van der Waals surface area contributed by atoms with Crippen LogP contribution in [0.4, 0.5) is 0 Å². The fourth-order valence-electron chi connectivity index (χ4n) is 4.68. The van der Waals surface area contributed by atoms with Gasteiger partial charge >= 0.3 is 0 Å². The Morgan fingerprint density at radius 3 is 3.10 bits per heavy atom. The van der Waals surface area contributed by atoms with E-state index in [0.717, 1.165) is 37.5 Å². The third kappa shape index (κ3) is 2.25. The number of carbonyl (C=O) groups is 1. The molecule has 4 nitrogen and oxygen atoms in total. The van der Waals surface area contributed by atoms with Gasteiger partial charge in [0.1, 0.15) is 0 Å². The van der Waals surface area contributed by atoms with Crippen LogP contribution in [0.3, 0.4) is 0 Å². The number of nitrogens with zero attached hydrogens (tertiary/aromatic N) is 1. The molecule has 0 aliphatic heterocycles. The molecule has 108 valence electrons. The summed E-state index contributed by atoms with van der Waals surface area (Å²) >= 11 is 0. The third-order valence-electron chi connectivity index (χ3n) is 5.68. The summed E-state index contributed by atoms with van der Waals surface area (Å²) in [5, 5.41) is 3.25.